The monoisotopic (exact) mass is 1180 g/mol. The predicted molar refractivity (Wildman–Crippen MR) is 303 cm³/mol. The molecule has 0 aromatic heterocycles. The Bertz CT molecular complexity index is 3510. The van der Waals surface area contributed by atoms with E-state index in [9.17, 15) is 82.9 Å². The normalized spacial score (nSPS) is 12.9. The molecule has 23 nitrogen and oxygen atoms in total. The van der Waals surface area contributed by atoms with Crippen LogP contribution in [0.15, 0.2) is 146 Å². The molecule has 0 heterocycles. The first-order chi connectivity index (χ1) is 34.5. The fourth-order valence-electron chi connectivity index (χ4n) is 7.05. The third-order valence-electron chi connectivity index (χ3n) is 10.4. The van der Waals surface area contributed by atoms with Crippen LogP contribution in [0.3, 0.4) is 0 Å². The fraction of sp³-hybridized carbons (Fsp3) is 0.128. The Morgan fingerprint density at radius 3 is 1.15 bits per heavy atom. The molecule has 31 heteroatoms. The molecule has 0 aliphatic rings. The molecular formula is C47H48N6Na4O17P4. The van der Waals surface area contributed by atoms with Crippen LogP contribution in [0.5, 0.6) is 0 Å². The predicted octanol–water partition coefficient (Wildman–Crippen LogP) is 7.69. The van der Waals surface area contributed by atoms with Gasteiger partial charge in [-0.2, -0.15) is 4.99 Å². The van der Waals surface area contributed by atoms with Crippen LogP contribution < -0.4 is 5.32 Å². The molecule has 0 bridgehead atoms. The van der Waals surface area contributed by atoms with Crippen molar-refractivity contribution in [3.8, 4) is 0 Å². The summed E-state index contributed by atoms with van der Waals surface area (Å²) < 4.78 is 46.8. The second-order valence-corrected chi connectivity index (χ2v) is 23.2. The summed E-state index contributed by atoms with van der Waals surface area (Å²) in [5.41, 5.74) is 2.39. The van der Waals surface area contributed by atoms with E-state index in [1.165, 1.54) is 97.1 Å². The molecule has 0 atom stereocenters. The van der Waals surface area contributed by atoms with Crippen molar-refractivity contribution in [1.82, 2.24) is 0 Å². The van der Waals surface area contributed by atoms with Crippen LogP contribution in [-0.2, 0) is 42.9 Å². The minimum absolute atomic E-state index is 0. The molecule has 0 saturated carbocycles. The van der Waals surface area contributed by atoms with Crippen LogP contribution in [0.4, 0.5) is 34.1 Å². The second kappa shape index (κ2) is 30.4. The Morgan fingerprint density at radius 2 is 0.756 bits per heavy atom. The number of rotatable bonds is 18. The van der Waals surface area contributed by atoms with Crippen LogP contribution in [0.1, 0.15) is 55.6 Å². The number of hydrogen-bond donors (Lipinski definition) is 14. The van der Waals surface area contributed by atoms with Crippen LogP contribution >= 0.6 is 30.4 Å². The Morgan fingerprint density at radius 1 is 0.397 bits per heavy atom. The van der Waals surface area contributed by atoms with E-state index in [1.807, 2.05) is 0 Å². The average molecular weight is 1180 g/mol. The Kier molecular flexibility index (Phi) is 27.7. The summed E-state index contributed by atoms with van der Waals surface area (Å²) in [5, 5.41) is 57.7. The summed E-state index contributed by atoms with van der Waals surface area (Å²) in [6.45, 7) is 3.36. The van der Waals surface area contributed by atoms with Crippen molar-refractivity contribution in [1.29, 1.82) is 0 Å². The smallest absolute Gasteiger partial charge is 0.329 e. The van der Waals surface area contributed by atoms with Crippen molar-refractivity contribution in [3.63, 3.8) is 0 Å². The van der Waals surface area contributed by atoms with E-state index in [0.29, 0.717) is 11.1 Å². The number of aliphatic imine (C=N–C) groups is 5. The van der Waals surface area contributed by atoms with E-state index in [2.05, 4.69) is 30.3 Å². The third-order valence-corrected chi connectivity index (χ3v) is 13.4. The van der Waals surface area contributed by atoms with Gasteiger partial charge in [0.25, 0.3) is 6.02 Å². The molecule has 6 aromatic carbocycles. The molecule has 14 N–H and O–H groups in total. The molecular weight excluding hydrogens is 1140 g/mol. The van der Waals surface area contributed by atoms with Gasteiger partial charge in [0.05, 0.1) is 53.1 Å². The van der Waals surface area contributed by atoms with Gasteiger partial charge in [-0.05, 0) is 120 Å². The van der Waals surface area contributed by atoms with Crippen molar-refractivity contribution in [2.45, 2.75) is 38.5 Å². The van der Waals surface area contributed by atoms with Crippen LogP contribution in [0.2, 0.25) is 0 Å². The van der Waals surface area contributed by atoms with Crippen LogP contribution in [0.25, 0.3) is 0 Å². The first kappa shape index (κ1) is 71.2. The zero-order chi connectivity index (χ0) is 54.3. The molecule has 0 amide bonds. The summed E-state index contributed by atoms with van der Waals surface area (Å²) in [7, 11) is -18.4. The van der Waals surface area contributed by atoms with Crippen molar-refractivity contribution in [2.24, 2.45) is 25.0 Å². The number of aliphatic hydroxyl groups excluding tert-OH is 5. The minimum atomic E-state index is -4.68. The largest absolute Gasteiger partial charge is 0.493 e. The zero-order valence-electron chi connectivity index (χ0n) is 42.8. The van der Waals surface area contributed by atoms with Crippen LogP contribution in [-0.4, -0.2) is 213 Å². The molecule has 0 saturated heterocycles. The average Bonchev–Trinajstić information content (AvgIpc) is 3.27. The number of nitrogens with one attached hydrogen (secondary N) is 1. The van der Waals surface area contributed by atoms with Gasteiger partial charge in [0.15, 0.2) is 0 Å². The summed E-state index contributed by atoms with van der Waals surface area (Å²) in [4.78, 5) is 97.1. The van der Waals surface area contributed by atoms with Crippen molar-refractivity contribution >= 4 is 212 Å². The Hall–Kier alpha value is -2.93. The number of anilines is 1. The number of amidine groups is 1. The van der Waals surface area contributed by atoms with E-state index in [0.717, 1.165) is 0 Å². The van der Waals surface area contributed by atoms with Crippen LogP contribution in [0, 0.1) is 13.8 Å². The number of hydrogen-bond acceptors (Lipinski definition) is 9. The first-order valence-corrected chi connectivity index (χ1v) is 28.6. The SMILES string of the molecule is Cc1ccc(C(O)=Nc2ccc(CP(=O)(O)O)cc2CP(=O)(O)O)cc1N=C(O)c1cccc(N=C(O)Nc2cccc(C(O)=Nc3cc(C(O)=Nc4ccc(CP(=O)(O)O)cc4CP(=O)(O)O)ccc3C)c2)c1.[Na].[Na].[Na].[Na]. The van der Waals surface area contributed by atoms with Gasteiger partial charge >= 0.3 is 30.4 Å². The molecule has 0 spiro atoms. The van der Waals surface area contributed by atoms with Crippen molar-refractivity contribution < 1.29 is 82.9 Å². The maximum Gasteiger partial charge on any atom is 0.329 e. The second-order valence-electron chi connectivity index (χ2n) is 16.7. The Labute approximate surface area is 535 Å². The molecule has 0 aliphatic heterocycles. The van der Waals surface area contributed by atoms with Crippen molar-refractivity contribution in [3.05, 3.63) is 177 Å². The van der Waals surface area contributed by atoms with E-state index >= 15 is 0 Å². The zero-order valence-corrected chi connectivity index (χ0v) is 54.4. The molecule has 0 unspecified atom stereocenters. The quantitative estimate of drug-likeness (QED) is 0.0170. The van der Waals surface area contributed by atoms with E-state index in [1.54, 1.807) is 38.1 Å². The van der Waals surface area contributed by atoms with Gasteiger partial charge in [-0.25, -0.2) is 20.0 Å². The summed E-state index contributed by atoms with van der Waals surface area (Å²) in [5.74, 6) is -2.15. The fourth-order valence-corrected chi connectivity index (χ4v) is 9.79. The maximum atomic E-state index is 11.9. The van der Waals surface area contributed by atoms with Gasteiger partial charge < -0.3 is 70.0 Å². The summed E-state index contributed by atoms with van der Waals surface area (Å²) in [6.07, 6.45) is -3.02. The topological polar surface area (TPSA) is 405 Å². The first-order valence-electron chi connectivity index (χ1n) is 21.5. The van der Waals surface area contributed by atoms with Gasteiger partial charge in [-0.15, -0.1) is 0 Å². The molecule has 0 fully saturated rings. The molecule has 392 valence electrons. The molecule has 0 aliphatic carbocycles. The van der Waals surface area contributed by atoms with Gasteiger partial charge in [0.1, 0.15) is 0 Å². The summed E-state index contributed by atoms with van der Waals surface area (Å²) in [6, 6.07) is 27.9. The van der Waals surface area contributed by atoms with Gasteiger partial charge in [0.2, 0.25) is 23.6 Å². The van der Waals surface area contributed by atoms with Gasteiger partial charge in [0, 0.05) is 146 Å². The van der Waals surface area contributed by atoms with Gasteiger partial charge in [-0.3, -0.25) is 18.3 Å². The molecule has 6 rings (SSSR count). The Balaban J connectivity index is 0.00000520. The van der Waals surface area contributed by atoms with Gasteiger partial charge in [-0.1, -0.05) is 48.5 Å². The van der Waals surface area contributed by atoms with Crippen molar-refractivity contribution in [2.75, 3.05) is 5.32 Å². The number of nitrogens with zero attached hydrogens (tertiary/aromatic N) is 5. The minimum Gasteiger partial charge on any atom is -0.493 e. The third kappa shape index (κ3) is 22.8. The molecule has 4 radical (unpaired) electrons. The maximum absolute atomic E-state index is 11.9. The number of benzene rings is 6. The van der Waals surface area contributed by atoms with E-state index in [4.69, 9.17) is 0 Å². The van der Waals surface area contributed by atoms with E-state index in [-0.39, 0.29) is 197 Å². The standard InChI is InChI=1S/C47H48N6O17P4.4Na/c1-27-9-13-33(45(56)50-39-15-11-29(23-71(59,60)61)17-35(39)25-73(65,66)67)21-41(27)52-43(54)31-5-3-7-37(19-31)48-47(58)49-38-8-4-6-32(20-38)44(55)53-42-22-34(14-10-28(42)2)46(57)51-40-16-12-30(24-72(62,63)64)18-36(40)26-74(68,69)70;;;;/h3-22H,23-26H2,1-2H3,(H,50,56)(H,51,57)(H,52,54)(H,53,55)(H2,48,49,58)(H2,59,60,61)(H2,62,63,64)(H2,65,66,67)(H2,68,69,70);;;;. The number of aryl methyl sites for hydroxylation is 2. The van der Waals surface area contributed by atoms with E-state index < -0.39 is 84.6 Å². The molecule has 78 heavy (non-hydrogen) atoms. The number of aliphatic hydroxyl groups is 5. The summed E-state index contributed by atoms with van der Waals surface area (Å²) >= 11 is 0. The molecule has 6 aromatic rings.